The Bertz CT molecular complexity index is 324. The highest BCUT2D eigenvalue weighted by Crippen LogP contribution is 2.25. The molecule has 0 saturated carbocycles. The molecule has 1 N–H and O–H groups in total. The second-order valence-corrected chi connectivity index (χ2v) is 6.80. The standard InChI is InChI=1S/C16H30N2O2/c1-12-6-9-17(10-7-12)16(20)14(3)18-8-4-5-15(18)11-13(2)19/h12-15,19H,4-11H2,1-3H3. The number of carbonyl (C=O) groups excluding carboxylic acids is 1. The largest absolute Gasteiger partial charge is 0.393 e. The molecule has 20 heavy (non-hydrogen) atoms. The molecule has 2 fully saturated rings. The number of piperidine rings is 1. The lowest BCUT2D eigenvalue weighted by atomic mass is 9.98. The van der Waals surface area contributed by atoms with Crippen molar-refractivity contribution in [3.05, 3.63) is 0 Å². The van der Waals surface area contributed by atoms with Crippen LogP contribution in [0.25, 0.3) is 0 Å². The lowest BCUT2D eigenvalue weighted by Crippen LogP contribution is -2.51. The molecule has 4 nitrogen and oxygen atoms in total. The monoisotopic (exact) mass is 282 g/mol. The van der Waals surface area contributed by atoms with E-state index in [1.54, 1.807) is 0 Å². The van der Waals surface area contributed by atoms with Crippen LogP contribution in [0.1, 0.15) is 52.9 Å². The van der Waals surface area contributed by atoms with Crippen molar-refractivity contribution in [1.82, 2.24) is 9.80 Å². The van der Waals surface area contributed by atoms with Crippen molar-refractivity contribution in [1.29, 1.82) is 0 Å². The molecule has 0 aromatic rings. The third-order valence-electron chi connectivity index (χ3n) is 4.99. The number of aliphatic hydroxyl groups excluding tert-OH is 1. The number of hydrogen-bond donors (Lipinski definition) is 1. The van der Waals surface area contributed by atoms with E-state index in [-0.39, 0.29) is 18.1 Å². The van der Waals surface area contributed by atoms with Crippen molar-refractivity contribution in [2.45, 2.75) is 71.1 Å². The van der Waals surface area contributed by atoms with Crippen LogP contribution in [0.3, 0.4) is 0 Å². The summed E-state index contributed by atoms with van der Waals surface area (Å²) in [6.07, 6.45) is 5.03. The average molecular weight is 282 g/mol. The molecule has 0 aliphatic carbocycles. The predicted octanol–water partition coefficient (Wildman–Crippen LogP) is 1.87. The Balaban J connectivity index is 1.92. The zero-order chi connectivity index (χ0) is 14.7. The van der Waals surface area contributed by atoms with Crippen LogP contribution in [0.5, 0.6) is 0 Å². The quantitative estimate of drug-likeness (QED) is 0.856. The molecule has 3 atom stereocenters. The number of amides is 1. The Morgan fingerprint density at radius 1 is 1.20 bits per heavy atom. The Morgan fingerprint density at radius 2 is 1.85 bits per heavy atom. The number of nitrogens with zero attached hydrogens (tertiary/aromatic N) is 2. The van der Waals surface area contributed by atoms with Gasteiger partial charge >= 0.3 is 0 Å². The van der Waals surface area contributed by atoms with Crippen LogP contribution in [0.4, 0.5) is 0 Å². The molecular formula is C16H30N2O2. The summed E-state index contributed by atoms with van der Waals surface area (Å²) in [5.74, 6) is 1.04. The van der Waals surface area contributed by atoms with Gasteiger partial charge in [-0.3, -0.25) is 9.69 Å². The van der Waals surface area contributed by atoms with Gasteiger partial charge in [0.2, 0.25) is 5.91 Å². The van der Waals surface area contributed by atoms with Gasteiger partial charge in [0.05, 0.1) is 12.1 Å². The predicted molar refractivity (Wildman–Crippen MR) is 80.5 cm³/mol. The van der Waals surface area contributed by atoms with Crippen molar-refractivity contribution in [3.63, 3.8) is 0 Å². The molecule has 0 bridgehead atoms. The van der Waals surface area contributed by atoms with E-state index in [9.17, 15) is 9.90 Å². The number of hydrogen-bond acceptors (Lipinski definition) is 3. The van der Waals surface area contributed by atoms with Crippen LogP contribution in [0, 0.1) is 5.92 Å². The van der Waals surface area contributed by atoms with Gasteiger partial charge in [0.15, 0.2) is 0 Å². The molecular weight excluding hydrogens is 252 g/mol. The van der Waals surface area contributed by atoms with E-state index in [0.717, 1.165) is 57.7 Å². The van der Waals surface area contributed by atoms with Gasteiger partial charge < -0.3 is 10.0 Å². The van der Waals surface area contributed by atoms with Crippen LogP contribution in [0.2, 0.25) is 0 Å². The van der Waals surface area contributed by atoms with Crippen LogP contribution < -0.4 is 0 Å². The molecule has 0 aromatic carbocycles. The molecule has 2 heterocycles. The van der Waals surface area contributed by atoms with Gasteiger partial charge in [0.1, 0.15) is 0 Å². The summed E-state index contributed by atoms with van der Waals surface area (Å²) >= 11 is 0. The minimum atomic E-state index is -0.279. The van der Waals surface area contributed by atoms with Gasteiger partial charge in [0, 0.05) is 19.1 Å². The van der Waals surface area contributed by atoms with Crippen molar-refractivity contribution in [3.8, 4) is 0 Å². The van der Waals surface area contributed by atoms with Crippen molar-refractivity contribution in [2.75, 3.05) is 19.6 Å². The summed E-state index contributed by atoms with van der Waals surface area (Å²) in [5.41, 5.74) is 0. The van der Waals surface area contributed by atoms with Crippen molar-refractivity contribution >= 4 is 5.91 Å². The van der Waals surface area contributed by atoms with E-state index in [0.29, 0.717) is 6.04 Å². The Labute approximate surface area is 123 Å². The molecule has 2 saturated heterocycles. The molecule has 4 heteroatoms. The summed E-state index contributed by atoms with van der Waals surface area (Å²) in [5, 5.41) is 9.61. The Hall–Kier alpha value is -0.610. The zero-order valence-electron chi connectivity index (χ0n) is 13.2. The third-order valence-corrected chi connectivity index (χ3v) is 4.99. The maximum Gasteiger partial charge on any atom is 0.239 e. The molecule has 0 spiro atoms. The van der Waals surface area contributed by atoms with E-state index >= 15 is 0 Å². The van der Waals surface area contributed by atoms with Gasteiger partial charge in [-0.2, -0.15) is 0 Å². The maximum atomic E-state index is 12.6. The summed E-state index contributed by atoms with van der Waals surface area (Å²) in [7, 11) is 0. The van der Waals surface area contributed by atoms with Crippen LogP contribution in [-0.2, 0) is 4.79 Å². The molecule has 0 radical (unpaired) electrons. The highest BCUT2D eigenvalue weighted by atomic mass is 16.3. The van der Waals surface area contributed by atoms with E-state index in [4.69, 9.17) is 0 Å². The highest BCUT2D eigenvalue weighted by molar-refractivity contribution is 5.81. The first-order valence-corrected chi connectivity index (χ1v) is 8.21. The van der Waals surface area contributed by atoms with Crippen LogP contribution >= 0.6 is 0 Å². The van der Waals surface area contributed by atoms with Crippen LogP contribution in [-0.4, -0.2) is 58.6 Å². The summed E-state index contributed by atoms with van der Waals surface area (Å²) < 4.78 is 0. The van der Waals surface area contributed by atoms with E-state index in [1.165, 1.54) is 0 Å². The molecule has 2 aliphatic heterocycles. The lowest BCUT2D eigenvalue weighted by molar-refractivity contribution is -0.138. The third kappa shape index (κ3) is 3.73. The molecule has 0 aromatic heterocycles. The molecule has 3 unspecified atom stereocenters. The normalized spacial score (nSPS) is 28.6. The Kier molecular flexibility index (Phi) is 5.44. The van der Waals surface area contributed by atoms with Gasteiger partial charge in [-0.05, 0) is 58.4 Å². The molecule has 2 rings (SSSR count). The highest BCUT2D eigenvalue weighted by Gasteiger charge is 2.35. The summed E-state index contributed by atoms with van der Waals surface area (Å²) in [6.45, 7) is 8.98. The molecule has 116 valence electrons. The van der Waals surface area contributed by atoms with E-state index in [2.05, 4.69) is 11.8 Å². The van der Waals surface area contributed by atoms with Gasteiger partial charge in [0.25, 0.3) is 0 Å². The summed E-state index contributed by atoms with van der Waals surface area (Å²) in [4.78, 5) is 17.0. The van der Waals surface area contributed by atoms with Crippen LogP contribution in [0.15, 0.2) is 0 Å². The number of aliphatic hydroxyl groups is 1. The number of likely N-dealkylation sites (tertiary alicyclic amines) is 2. The fourth-order valence-corrected chi connectivity index (χ4v) is 3.65. The number of carbonyl (C=O) groups is 1. The number of rotatable bonds is 4. The van der Waals surface area contributed by atoms with Gasteiger partial charge in [-0.1, -0.05) is 6.92 Å². The molecule has 2 aliphatic rings. The smallest absolute Gasteiger partial charge is 0.239 e. The second kappa shape index (κ2) is 6.90. The zero-order valence-corrected chi connectivity index (χ0v) is 13.2. The molecule has 1 amide bonds. The fourth-order valence-electron chi connectivity index (χ4n) is 3.65. The first-order chi connectivity index (χ1) is 9.49. The average Bonchev–Trinajstić information content (AvgIpc) is 2.85. The Morgan fingerprint density at radius 3 is 2.45 bits per heavy atom. The first kappa shape index (κ1) is 15.8. The van der Waals surface area contributed by atoms with E-state index in [1.807, 2.05) is 18.7 Å². The van der Waals surface area contributed by atoms with Gasteiger partial charge in [-0.15, -0.1) is 0 Å². The summed E-state index contributed by atoms with van der Waals surface area (Å²) in [6, 6.07) is 0.340. The maximum absolute atomic E-state index is 12.6. The van der Waals surface area contributed by atoms with Crippen molar-refractivity contribution < 1.29 is 9.90 Å². The second-order valence-electron chi connectivity index (χ2n) is 6.80. The fraction of sp³-hybridized carbons (Fsp3) is 0.938. The SMILES string of the molecule is CC(O)CC1CCCN1C(C)C(=O)N1CCC(C)CC1. The topological polar surface area (TPSA) is 43.8 Å². The minimum Gasteiger partial charge on any atom is -0.393 e. The van der Waals surface area contributed by atoms with Crippen molar-refractivity contribution in [2.24, 2.45) is 5.92 Å². The first-order valence-electron chi connectivity index (χ1n) is 8.21. The van der Waals surface area contributed by atoms with Gasteiger partial charge in [-0.25, -0.2) is 0 Å². The lowest BCUT2D eigenvalue weighted by Gasteiger charge is -2.37. The minimum absolute atomic E-state index is 0.0327. The van der Waals surface area contributed by atoms with E-state index < -0.39 is 0 Å².